The van der Waals surface area contributed by atoms with Crippen LogP contribution in [0.3, 0.4) is 0 Å². The van der Waals surface area contributed by atoms with Crippen molar-refractivity contribution in [3.63, 3.8) is 0 Å². The van der Waals surface area contributed by atoms with Crippen molar-refractivity contribution in [1.29, 1.82) is 0 Å². The van der Waals surface area contributed by atoms with Gasteiger partial charge in [-0.3, -0.25) is 14.9 Å². The van der Waals surface area contributed by atoms with Crippen LogP contribution in [0.4, 0.5) is 10.5 Å². The Bertz CT molecular complexity index is 1630. The maximum absolute atomic E-state index is 13.3. The summed E-state index contributed by atoms with van der Waals surface area (Å²) in [5, 5.41) is 2.89. The Hall–Kier alpha value is -4.88. The van der Waals surface area contributed by atoms with Crippen LogP contribution in [0.2, 0.25) is 5.02 Å². The van der Waals surface area contributed by atoms with Crippen molar-refractivity contribution >= 4 is 41.2 Å². The number of benzene rings is 4. The topological polar surface area (TPSA) is 84.9 Å². The molecule has 1 saturated heterocycles. The number of barbiturate groups is 1. The number of nitrogens with one attached hydrogen (secondary N) is 1. The van der Waals surface area contributed by atoms with Crippen molar-refractivity contribution in [1.82, 2.24) is 5.32 Å². The Morgan fingerprint density at radius 2 is 1.41 bits per heavy atom. The van der Waals surface area contributed by atoms with Crippen LogP contribution >= 0.6 is 11.6 Å². The molecule has 4 aromatic carbocycles. The number of amides is 4. The van der Waals surface area contributed by atoms with E-state index in [4.69, 9.17) is 21.1 Å². The number of ether oxygens (including phenoxy) is 2. The van der Waals surface area contributed by atoms with Crippen molar-refractivity contribution in [2.24, 2.45) is 0 Å². The smallest absolute Gasteiger partial charge is 0.335 e. The van der Waals surface area contributed by atoms with Gasteiger partial charge in [0.15, 0.2) is 0 Å². The van der Waals surface area contributed by atoms with E-state index >= 15 is 0 Å². The molecule has 0 radical (unpaired) electrons. The Kier molecular flexibility index (Phi) is 8.17. The molecule has 0 bridgehead atoms. The highest BCUT2D eigenvalue weighted by atomic mass is 35.5. The van der Waals surface area contributed by atoms with E-state index in [9.17, 15) is 14.4 Å². The number of aryl methyl sites for hydroxylation is 2. The molecule has 1 N–H and O–H groups in total. The summed E-state index contributed by atoms with van der Waals surface area (Å²) in [4.78, 5) is 39.5. The summed E-state index contributed by atoms with van der Waals surface area (Å²) in [6.07, 6.45) is 1.45. The molecule has 0 unspecified atom stereocenters. The summed E-state index contributed by atoms with van der Waals surface area (Å²) in [6.45, 7) is 4.78. The summed E-state index contributed by atoms with van der Waals surface area (Å²) in [5.41, 5.74) is 5.02. The number of imide groups is 2. The third-order valence-electron chi connectivity index (χ3n) is 6.37. The number of nitrogens with zero attached hydrogens (tertiary/aromatic N) is 1. The third kappa shape index (κ3) is 6.83. The lowest BCUT2D eigenvalue weighted by Crippen LogP contribution is -2.54. The van der Waals surface area contributed by atoms with Crippen molar-refractivity contribution < 1.29 is 23.9 Å². The van der Waals surface area contributed by atoms with E-state index in [1.807, 2.05) is 26.0 Å². The van der Waals surface area contributed by atoms with E-state index in [1.165, 1.54) is 6.08 Å². The number of rotatable bonds is 8. The van der Waals surface area contributed by atoms with Gasteiger partial charge in [0.2, 0.25) is 0 Å². The molecule has 4 aromatic rings. The van der Waals surface area contributed by atoms with Gasteiger partial charge in [-0.1, -0.05) is 65.2 Å². The number of carbonyl (C=O) groups is 3. The molecule has 0 aliphatic carbocycles. The van der Waals surface area contributed by atoms with E-state index < -0.39 is 17.8 Å². The van der Waals surface area contributed by atoms with Crippen LogP contribution in [0, 0.1) is 13.8 Å². The molecule has 0 aromatic heterocycles. The molecule has 1 aliphatic rings. The molecule has 5 rings (SSSR count). The van der Waals surface area contributed by atoms with Gasteiger partial charge in [-0.2, -0.15) is 0 Å². The number of anilines is 1. The van der Waals surface area contributed by atoms with Gasteiger partial charge in [-0.15, -0.1) is 0 Å². The van der Waals surface area contributed by atoms with Crippen molar-refractivity contribution in [3.05, 3.63) is 129 Å². The maximum atomic E-state index is 13.3. The minimum Gasteiger partial charge on any atom is -0.489 e. The van der Waals surface area contributed by atoms with Gasteiger partial charge in [0.25, 0.3) is 11.8 Å². The molecule has 0 atom stereocenters. The number of carbonyl (C=O) groups excluding carboxylic acids is 3. The lowest BCUT2D eigenvalue weighted by Gasteiger charge is -2.26. The molecule has 1 fully saturated rings. The molecule has 0 spiro atoms. The number of urea groups is 1. The summed E-state index contributed by atoms with van der Waals surface area (Å²) in [6, 6.07) is 26.3. The number of hydrogen-bond acceptors (Lipinski definition) is 5. The van der Waals surface area contributed by atoms with Gasteiger partial charge in [0.05, 0.1) is 5.69 Å². The van der Waals surface area contributed by atoms with Crippen LogP contribution in [0.25, 0.3) is 6.08 Å². The maximum Gasteiger partial charge on any atom is 0.335 e. The largest absolute Gasteiger partial charge is 0.489 e. The van der Waals surface area contributed by atoms with Gasteiger partial charge in [-0.05, 0) is 85.1 Å². The van der Waals surface area contributed by atoms with Crippen LogP contribution in [-0.4, -0.2) is 17.8 Å². The van der Waals surface area contributed by atoms with Crippen LogP contribution in [0.5, 0.6) is 11.5 Å². The molecular formula is C33H27ClN2O5. The van der Waals surface area contributed by atoms with E-state index in [1.54, 1.807) is 60.7 Å². The van der Waals surface area contributed by atoms with E-state index in [-0.39, 0.29) is 5.57 Å². The first-order chi connectivity index (χ1) is 19.7. The van der Waals surface area contributed by atoms with Gasteiger partial charge >= 0.3 is 6.03 Å². The number of hydrogen-bond donors (Lipinski definition) is 1. The number of halogens is 1. The molecule has 0 saturated carbocycles. The summed E-state index contributed by atoms with van der Waals surface area (Å²) in [7, 11) is 0. The zero-order valence-electron chi connectivity index (χ0n) is 22.5. The molecule has 1 heterocycles. The van der Waals surface area contributed by atoms with Gasteiger partial charge < -0.3 is 9.47 Å². The predicted octanol–water partition coefficient (Wildman–Crippen LogP) is 6.78. The fourth-order valence-corrected chi connectivity index (χ4v) is 4.64. The van der Waals surface area contributed by atoms with Gasteiger partial charge in [0.1, 0.15) is 30.3 Å². The van der Waals surface area contributed by atoms with Gasteiger partial charge in [0, 0.05) is 5.02 Å². The van der Waals surface area contributed by atoms with E-state index in [0.717, 1.165) is 27.2 Å². The Morgan fingerprint density at radius 3 is 2.12 bits per heavy atom. The summed E-state index contributed by atoms with van der Waals surface area (Å²) >= 11 is 5.92. The van der Waals surface area contributed by atoms with Crippen molar-refractivity contribution in [2.75, 3.05) is 4.90 Å². The van der Waals surface area contributed by atoms with E-state index in [0.29, 0.717) is 41.0 Å². The molecule has 8 heteroatoms. The minimum atomic E-state index is -0.822. The average molecular weight is 567 g/mol. The lowest BCUT2D eigenvalue weighted by molar-refractivity contribution is -0.122. The first kappa shape index (κ1) is 27.7. The monoisotopic (exact) mass is 566 g/mol. The molecule has 7 nitrogen and oxygen atoms in total. The molecule has 206 valence electrons. The zero-order valence-corrected chi connectivity index (χ0v) is 23.3. The SMILES string of the molecule is Cc1cc(C)cc(COc2cccc(/C=C3/C(=O)NC(=O)N(c4ccc(OCc5ccc(Cl)cc5)cc4)C3=O)c2)c1. The predicted molar refractivity (Wildman–Crippen MR) is 158 cm³/mol. The summed E-state index contributed by atoms with van der Waals surface area (Å²) in [5.74, 6) is -0.349. The Morgan fingerprint density at radius 1 is 0.756 bits per heavy atom. The standard InChI is InChI=1S/C33H27ClN2O5/c1-21-14-22(2)16-25(15-21)20-41-29-5-3-4-24(17-29)18-30-31(37)35-33(39)36(32(30)38)27-10-12-28(13-11-27)40-19-23-6-8-26(34)9-7-23/h3-18H,19-20H2,1-2H3,(H,35,37,39)/b30-18-. The highest BCUT2D eigenvalue weighted by Gasteiger charge is 2.36. The Labute approximate surface area is 243 Å². The van der Waals surface area contributed by atoms with Crippen LogP contribution < -0.4 is 19.7 Å². The second-order valence-electron chi connectivity index (χ2n) is 9.72. The van der Waals surface area contributed by atoms with Crippen molar-refractivity contribution in [2.45, 2.75) is 27.1 Å². The fraction of sp³-hybridized carbons (Fsp3) is 0.121. The molecule has 41 heavy (non-hydrogen) atoms. The van der Waals surface area contributed by atoms with E-state index in [2.05, 4.69) is 23.5 Å². The highest BCUT2D eigenvalue weighted by molar-refractivity contribution is 6.39. The fourth-order valence-electron chi connectivity index (χ4n) is 4.51. The molecule has 1 aliphatic heterocycles. The second-order valence-corrected chi connectivity index (χ2v) is 10.2. The molecule has 4 amide bonds. The minimum absolute atomic E-state index is 0.167. The molecular weight excluding hydrogens is 540 g/mol. The summed E-state index contributed by atoms with van der Waals surface area (Å²) < 4.78 is 11.8. The normalized spacial score (nSPS) is 14.3. The third-order valence-corrected chi connectivity index (χ3v) is 6.62. The Balaban J connectivity index is 1.29. The first-order valence-corrected chi connectivity index (χ1v) is 13.3. The highest BCUT2D eigenvalue weighted by Crippen LogP contribution is 2.26. The van der Waals surface area contributed by atoms with Gasteiger partial charge in [-0.25, -0.2) is 9.69 Å². The van der Waals surface area contributed by atoms with Crippen molar-refractivity contribution in [3.8, 4) is 11.5 Å². The zero-order chi connectivity index (χ0) is 28.9. The van der Waals surface area contributed by atoms with Crippen LogP contribution in [0.1, 0.15) is 27.8 Å². The first-order valence-electron chi connectivity index (χ1n) is 12.9. The van der Waals surface area contributed by atoms with Crippen LogP contribution in [0.15, 0.2) is 96.6 Å². The average Bonchev–Trinajstić information content (AvgIpc) is 2.94. The lowest BCUT2D eigenvalue weighted by atomic mass is 10.1. The quantitative estimate of drug-likeness (QED) is 0.188. The second kappa shape index (κ2) is 12.1. The van der Waals surface area contributed by atoms with Crippen LogP contribution in [-0.2, 0) is 22.8 Å².